The maximum absolute atomic E-state index is 13.6. The molecule has 1 amide bonds. The molecule has 1 aromatic heterocycles. The normalized spacial score (nSPS) is 10.3. The molecule has 0 saturated carbocycles. The summed E-state index contributed by atoms with van der Waals surface area (Å²) in [5, 5.41) is 5.65. The Kier molecular flexibility index (Phi) is 5.85. The molecule has 1 heterocycles. The molecule has 6 heteroatoms. The van der Waals surface area contributed by atoms with Crippen LogP contribution in [0, 0.1) is 5.82 Å². The number of methoxy groups -OCH3 is 1. The predicted octanol–water partition coefficient (Wildman–Crippen LogP) is 2.73. The molecule has 0 atom stereocenters. The molecule has 2 aromatic rings. The summed E-state index contributed by atoms with van der Waals surface area (Å²) in [6.07, 6.45) is 2.25. The maximum atomic E-state index is 13.6. The number of amides is 1. The van der Waals surface area contributed by atoms with Gasteiger partial charge in [0.15, 0.2) is 0 Å². The molecule has 2 rings (SSSR count). The fourth-order valence-corrected chi connectivity index (χ4v) is 1.86. The van der Waals surface area contributed by atoms with Crippen molar-refractivity contribution in [3.8, 4) is 0 Å². The molecule has 0 fully saturated rings. The van der Waals surface area contributed by atoms with Crippen LogP contribution in [0.4, 0.5) is 15.9 Å². The van der Waals surface area contributed by atoms with Gasteiger partial charge in [0.2, 0.25) is 0 Å². The molecule has 0 bridgehead atoms. The summed E-state index contributed by atoms with van der Waals surface area (Å²) in [5.41, 5.74) is 0.777. The monoisotopic (exact) mass is 303 g/mol. The van der Waals surface area contributed by atoms with E-state index in [2.05, 4.69) is 15.6 Å². The van der Waals surface area contributed by atoms with Crippen LogP contribution in [0.3, 0.4) is 0 Å². The Morgan fingerprint density at radius 1 is 1.32 bits per heavy atom. The minimum atomic E-state index is -0.376. The van der Waals surface area contributed by atoms with E-state index in [1.807, 2.05) is 0 Å². The third-order valence-electron chi connectivity index (χ3n) is 2.97. The first-order valence-corrected chi connectivity index (χ1v) is 6.95. The molecule has 0 aliphatic rings. The number of ether oxygens (including phenoxy) is 1. The molecule has 0 aliphatic carbocycles. The summed E-state index contributed by atoms with van der Waals surface area (Å²) >= 11 is 0. The Hall–Kier alpha value is -2.47. The topological polar surface area (TPSA) is 63.2 Å². The van der Waals surface area contributed by atoms with Crippen molar-refractivity contribution in [3.05, 3.63) is 54.0 Å². The number of hydrogen-bond donors (Lipinski definition) is 2. The number of carbonyl (C=O) groups is 1. The van der Waals surface area contributed by atoms with E-state index in [9.17, 15) is 9.18 Å². The lowest BCUT2D eigenvalue weighted by Crippen LogP contribution is -2.25. The van der Waals surface area contributed by atoms with Crippen LogP contribution in [0.2, 0.25) is 0 Å². The molecule has 0 spiro atoms. The summed E-state index contributed by atoms with van der Waals surface area (Å²) in [5.74, 6) is -0.163. The molecular weight excluding hydrogens is 285 g/mol. The first-order chi connectivity index (χ1) is 10.7. The number of benzene rings is 1. The van der Waals surface area contributed by atoms with Crippen molar-refractivity contribution in [2.45, 2.75) is 6.42 Å². The maximum Gasteiger partial charge on any atom is 0.251 e. The third kappa shape index (κ3) is 4.53. The lowest BCUT2D eigenvalue weighted by Gasteiger charge is -2.09. The molecule has 0 saturated heterocycles. The van der Waals surface area contributed by atoms with Crippen LogP contribution in [0.15, 0.2) is 42.6 Å². The van der Waals surface area contributed by atoms with Gasteiger partial charge in [-0.15, -0.1) is 0 Å². The zero-order valence-corrected chi connectivity index (χ0v) is 12.3. The minimum Gasteiger partial charge on any atom is -0.385 e. The van der Waals surface area contributed by atoms with E-state index in [0.717, 1.165) is 6.42 Å². The average molecular weight is 303 g/mol. The van der Waals surface area contributed by atoms with Crippen molar-refractivity contribution in [1.82, 2.24) is 10.3 Å². The van der Waals surface area contributed by atoms with Crippen molar-refractivity contribution >= 4 is 17.4 Å². The highest BCUT2D eigenvalue weighted by molar-refractivity contribution is 5.94. The summed E-state index contributed by atoms with van der Waals surface area (Å²) in [6.45, 7) is 1.13. The van der Waals surface area contributed by atoms with Crippen LogP contribution in [0.25, 0.3) is 0 Å². The van der Waals surface area contributed by atoms with E-state index in [-0.39, 0.29) is 11.7 Å². The van der Waals surface area contributed by atoms with Gasteiger partial charge in [-0.25, -0.2) is 9.37 Å². The first-order valence-electron chi connectivity index (χ1n) is 6.95. The van der Waals surface area contributed by atoms with Gasteiger partial charge in [0.1, 0.15) is 11.6 Å². The number of hydrogen-bond acceptors (Lipinski definition) is 4. The number of carbonyl (C=O) groups excluding carboxylic acids is 1. The van der Waals surface area contributed by atoms with Crippen LogP contribution >= 0.6 is 0 Å². The fourth-order valence-electron chi connectivity index (χ4n) is 1.86. The minimum absolute atomic E-state index is 0.199. The van der Waals surface area contributed by atoms with Gasteiger partial charge in [0.25, 0.3) is 5.91 Å². The zero-order valence-electron chi connectivity index (χ0n) is 12.3. The van der Waals surface area contributed by atoms with Crippen molar-refractivity contribution in [2.75, 3.05) is 25.6 Å². The Bertz CT molecular complexity index is 634. The van der Waals surface area contributed by atoms with Crippen molar-refractivity contribution in [3.63, 3.8) is 0 Å². The smallest absolute Gasteiger partial charge is 0.251 e. The van der Waals surface area contributed by atoms with E-state index < -0.39 is 0 Å². The van der Waals surface area contributed by atoms with Crippen LogP contribution in [0.5, 0.6) is 0 Å². The number of pyridine rings is 1. The number of rotatable bonds is 7. The second-order valence-electron chi connectivity index (χ2n) is 4.64. The number of para-hydroxylation sites is 1. The van der Waals surface area contributed by atoms with E-state index in [4.69, 9.17) is 4.74 Å². The summed E-state index contributed by atoms with van der Waals surface area (Å²) < 4.78 is 18.5. The molecule has 0 aliphatic heterocycles. The number of nitrogens with zero attached hydrogens (tertiary/aromatic N) is 1. The Balaban J connectivity index is 2.00. The fraction of sp³-hybridized carbons (Fsp3) is 0.250. The second-order valence-corrected chi connectivity index (χ2v) is 4.64. The molecule has 22 heavy (non-hydrogen) atoms. The standard InChI is InChI=1S/C16H18FN3O2/c1-22-10-4-8-19-16(21)12-7-9-18-15(11-12)20-14-6-3-2-5-13(14)17/h2-3,5-7,9,11H,4,8,10H2,1H3,(H,18,20)(H,19,21). The quantitative estimate of drug-likeness (QED) is 0.772. The van der Waals surface area contributed by atoms with Gasteiger partial charge in [0, 0.05) is 32.0 Å². The van der Waals surface area contributed by atoms with Crippen LogP contribution in [-0.2, 0) is 4.74 Å². The number of aromatic nitrogens is 1. The first kappa shape index (κ1) is 15.9. The summed E-state index contributed by atoms with van der Waals surface area (Å²) in [7, 11) is 1.62. The molecular formula is C16H18FN3O2. The Morgan fingerprint density at radius 2 is 2.14 bits per heavy atom. The Morgan fingerprint density at radius 3 is 2.91 bits per heavy atom. The van der Waals surface area contributed by atoms with Crippen molar-refractivity contribution in [1.29, 1.82) is 0 Å². The van der Waals surface area contributed by atoms with Gasteiger partial charge in [-0.3, -0.25) is 4.79 Å². The highest BCUT2D eigenvalue weighted by atomic mass is 19.1. The number of halogens is 1. The third-order valence-corrected chi connectivity index (χ3v) is 2.97. The van der Waals surface area contributed by atoms with E-state index in [1.54, 1.807) is 37.4 Å². The van der Waals surface area contributed by atoms with Crippen LogP contribution in [-0.4, -0.2) is 31.2 Å². The van der Waals surface area contributed by atoms with Gasteiger partial charge in [-0.1, -0.05) is 12.1 Å². The molecule has 0 radical (unpaired) electrons. The van der Waals surface area contributed by atoms with Crippen molar-refractivity contribution in [2.24, 2.45) is 0 Å². The lowest BCUT2D eigenvalue weighted by atomic mass is 10.2. The highest BCUT2D eigenvalue weighted by Gasteiger charge is 2.07. The van der Waals surface area contributed by atoms with Gasteiger partial charge >= 0.3 is 0 Å². The summed E-state index contributed by atoms with van der Waals surface area (Å²) in [4.78, 5) is 16.1. The van der Waals surface area contributed by atoms with E-state index in [1.165, 1.54) is 12.3 Å². The van der Waals surface area contributed by atoms with E-state index >= 15 is 0 Å². The Labute approximate surface area is 128 Å². The SMILES string of the molecule is COCCCNC(=O)c1ccnc(Nc2ccccc2F)c1. The van der Waals surface area contributed by atoms with Gasteiger partial charge in [-0.05, 0) is 30.7 Å². The largest absolute Gasteiger partial charge is 0.385 e. The van der Waals surface area contributed by atoms with Crippen LogP contribution in [0.1, 0.15) is 16.8 Å². The van der Waals surface area contributed by atoms with E-state index in [0.29, 0.717) is 30.2 Å². The van der Waals surface area contributed by atoms with Crippen molar-refractivity contribution < 1.29 is 13.9 Å². The second kappa shape index (κ2) is 8.09. The molecule has 116 valence electrons. The van der Waals surface area contributed by atoms with Crippen LogP contribution < -0.4 is 10.6 Å². The molecule has 1 aromatic carbocycles. The number of anilines is 2. The summed E-state index contributed by atoms with van der Waals surface area (Å²) in [6, 6.07) is 9.48. The van der Waals surface area contributed by atoms with Gasteiger partial charge in [0.05, 0.1) is 5.69 Å². The van der Waals surface area contributed by atoms with Gasteiger partial charge < -0.3 is 15.4 Å². The average Bonchev–Trinajstić information content (AvgIpc) is 2.54. The zero-order chi connectivity index (χ0) is 15.8. The lowest BCUT2D eigenvalue weighted by molar-refractivity contribution is 0.0948. The number of nitrogens with one attached hydrogen (secondary N) is 2. The highest BCUT2D eigenvalue weighted by Crippen LogP contribution is 2.18. The van der Waals surface area contributed by atoms with Gasteiger partial charge in [-0.2, -0.15) is 0 Å². The predicted molar refractivity (Wildman–Crippen MR) is 82.7 cm³/mol. The molecule has 0 unspecified atom stereocenters. The molecule has 5 nitrogen and oxygen atoms in total. The molecule has 2 N–H and O–H groups in total.